The molecular weight excluding hydrogens is 280 g/mol. The summed E-state index contributed by atoms with van der Waals surface area (Å²) in [7, 11) is 0. The molecule has 1 aromatic heterocycles. The standard InChI is InChI=1S/C16H20N4S/c17-16(21)12-20-9-7-19(8-10-20)11-13-5-6-18-15-4-2-1-3-14(13)15/h1-6H,7-12H2,(H2,17,21). The summed E-state index contributed by atoms with van der Waals surface area (Å²) >= 11 is 4.98. The smallest absolute Gasteiger partial charge is 0.0870 e. The zero-order valence-corrected chi connectivity index (χ0v) is 12.9. The van der Waals surface area contributed by atoms with Crippen molar-refractivity contribution in [1.29, 1.82) is 0 Å². The van der Waals surface area contributed by atoms with Crippen molar-refractivity contribution < 1.29 is 0 Å². The van der Waals surface area contributed by atoms with Crippen LogP contribution in [0.3, 0.4) is 0 Å². The molecule has 21 heavy (non-hydrogen) atoms. The average molecular weight is 300 g/mol. The molecule has 5 heteroatoms. The molecule has 3 rings (SSSR count). The lowest BCUT2D eigenvalue weighted by Gasteiger charge is -2.34. The summed E-state index contributed by atoms with van der Waals surface area (Å²) in [5.74, 6) is 0. The Hall–Kier alpha value is -1.56. The van der Waals surface area contributed by atoms with Gasteiger partial charge in [0.2, 0.25) is 0 Å². The molecule has 0 spiro atoms. The largest absolute Gasteiger partial charge is 0.392 e. The lowest BCUT2D eigenvalue weighted by molar-refractivity contribution is 0.140. The minimum Gasteiger partial charge on any atom is -0.392 e. The molecule has 0 atom stereocenters. The van der Waals surface area contributed by atoms with Gasteiger partial charge in [-0.3, -0.25) is 14.8 Å². The van der Waals surface area contributed by atoms with Gasteiger partial charge in [-0.05, 0) is 17.7 Å². The highest BCUT2D eigenvalue weighted by molar-refractivity contribution is 7.80. The number of rotatable bonds is 4. The first-order valence-corrected chi connectivity index (χ1v) is 7.69. The number of nitrogens with two attached hydrogens (primary N) is 1. The lowest BCUT2D eigenvalue weighted by Crippen LogP contribution is -2.48. The first-order valence-electron chi connectivity index (χ1n) is 7.28. The zero-order chi connectivity index (χ0) is 14.7. The maximum atomic E-state index is 5.61. The Morgan fingerprint density at radius 2 is 1.81 bits per heavy atom. The van der Waals surface area contributed by atoms with E-state index in [4.69, 9.17) is 18.0 Å². The van der Waals surface area contributed by atoms with Gasteiger partial charge in [-0.1, -0.05) is 30.4 Å². The van der Waals surface area contributed by atoms with Crippen LogP contribution in [-0.4, -0.2) is 52.5 Å². The van der Waals surface area contributed by atoms with Crippen LogP contribution in [0.2, 0.25) is 0 Å². The molecule has 2 N–H and O–H groups in total. The molecular formula is C16H20N4S. The Morgan fingerprint density at radius 1 is 1.10 bits per heavy atom. The summed E-state index contributed by atoms with van der Waals surface area (Å²) in [5.41, 5.74) is 8.03. The second kappa shape index (κ2) is 6.47. The van der Waals surface area contributed by atoms with Crippen LogP contribution in [0.1, 0.15) is 5.56 Å². The summed E-state index contributed by atoms with van der Waals surface area (Å²) < 4.78 is 0. The molecule has 2 heterocycles. The van der Waals surface area contributed by atoms with Crippen LogP contribution in [0.4, 0.5) is 0 Å². The highest BCUT2D eigenvalue weighted by Gasteiger charge is 2.17. The second-order valence-corrected chi connectivity index (χ2v) is 6.03. The molecule has 110 valence electrons. The number of fused-ring (bicyclic) bond motifs is 1. The summed E-state index contributed by atoms with van der Waals surface area (Å²) in [6.45, 7) is 5.88. The molecule has 1 saturated heterocycles. The predicted octanol–water partition coefficient (Wildman–Crippen LogP) is 1.64. The van der Waals surface area contributed by atoms with E-state index in [-0.39, 0.29) is 0 Å². The Morgan fingerprint density at radius 3 is 2.57 bits per heavy atom. The number of hydrogen-bond acceptors (Lipinski definition) is 4. The number of benzene rings is 1. The maximum absolute atomic E-state index is 5.61. The summed E-state index contributed by atoms with van der Waals surface area (Å²) in [6, 6.07) is 10.5. The Bertz CT molecular complexity index is 630. The van der Waals surface area contributed by atoms with Crippen LogP contribution < -0.4 is 5.73 Å². The van der Waals surface area contributed by atoms with Gasteiger partial charge >= 0.3 is 0 Å². The number of nitrogens with zero attached hydrogens (tertiary/aromatic N) is 3. The van der Waals surface area contributed by atoms with Crippen molar-refractivity contribution in [3.05, 3.63) is 42.1 Å². The first kappa shape index (κ1) is 14.4. The van der Waals surface area contributed by atoms with Gasteiger partial charge in [0.1, 0.15) is 0 Å². The third kappa shape index (κ3) is 3.56. The van der Waals surface area contributed by atoms with Crippen LogP contribution in [-0.2, 0) is 6.54 Å². The van der Waals surface area contributed by atoms with Crippen molar-refractivity contribution in [1.82, 2.24) is 14.8 Å². The lowest BCUT2D eigenvalue weighted by atomic mass is 10.1. The van der Waals surface area contributed by atoms with Crippen LogP contribution in [0.15, 0.2) is 36.5 Å². The van der Waals surface area contributed by atoms with Gasteiger partial charge in [-0.15, -0.1) is 0 Å². The monoisotopic (exact) mass is 300 g/mol. The van der Waals surface area contributed by atoms with E-state index in [1.54, 1.807) is 0 Å². The fraction of sp³-hybridized carbons (Fsp3) is 0.375. The molecule has 0 radical (unpaired) electrons. The molecule has 1 aliphatic heterocycles. The highest BCUT2D eigenvalue weighted by atomic mass is 32.1. The molecule has 0 amide bonds. The number of para-hydroxylation sites is 1. The topological polar surface area (TPSA) is 45.4 Å². The summed E-state index contributed by atoms with van der Waals surface area (Å²) in [6.07, 6.45) is 1.90. The van der Waals surface area contributed by atoms with Gasteiger partial charge in [0, 0.05) is 50.9 Å². The summed E-state index contributed by atoms with van der Waals surface area (Å²) in [5, 5.41) is 1.26. The third-order valence-electron chi connectivity index (χ3n) is 3.98. The first-order chi connectivity index (χ1) is 10.2. The van der Waals surface area contributed by atoms with E-state index in [0.29, 0.717) is 4.99 Å². The number of thiocarbonyl (C=S) groups is 1. The van der Waals surface area contributed by atoms with Gasteiger partial charge < -0.3 is 5.73 Å². The molecule has 0 unspecified atom stereocenters. The molecule has 2 aromatic rings. The van der Waals surface area contributed by atoms with E-state index < -0.39 is 0 Å². The zero-order valence-electron chi connectivity index (χ0n) is 12.0. The van der Waals surface area contributed by atoms with E-state index in [0.717, 1.165) is 44.8 Å². The molecule has 0 aliphatic carbocycles. The van der Waals surface area contributed by atoms with Gasteiger partial charge in [0.25, 0.3) is 0 Å². The Balaban J connectivity index is 1.66. The minimum atomic E-state index is 0.587. The van der Waals surface area contributed by atoms with Crippen LogP contribution >= 0.6 is 12.2 Å². The number of piperazine rings is 1. The van der Waals surface area contributed by atoms with Crippen molar-refractivity contribution in [3.63, 3.8) is 0 Å². The van der Waals surface area contributed by atoms with E-state index in [1.807, 2.05) is 12.3 Å². The Kier molecular flexibility index (Phi) is 4.43. The SMILES string of the molecule is NC(=S)CN1CCN(Cc2ccnc3ccccc23)CC1. The van der Waals surface area contributed by atoms with Crippen LogP contribution in [0.25, 0.3) is 10.9 Å². The molecule has 0 saturated carbocycles. The predicted molar refractivity (Wildman–Crippen MR) is 90.2 cm³/mol. The van der Waals surface area contributed by atoms with Crippen molar-refractivity contribution in [2.45, 2.75) is 6.54 Å². The van der Waals surface area contributed by atoms with Crippen molar-refractivity contribution in [2.24, 2.45) is 5.73 Å². The van der Waals surface area contributed by atoms with Gasteiger partial charge in [-0.25, -0.2) is 0 Å². The quantitative estimate of drug-likeness (QED) is 0.870. The van der Waals surface area contributed by atoms with Crippen molar-refractivity contribution >= 4 is 28.1 Å². The van der Waals surface area contributed by atoms with E-state index >= 15 is 0 Å². The van der Waals surface area contributed by atoms with Crippen LogP contribution in [0, 0.1) is 0 Å². The van der Waals surface area contributed by atoms with Gasteiger partial charge in [-0.2, -0.15) is 0 Å². The minimum absolute atomic E-state index is 0.587. The maximum Gasteiger partial charge on any atom is 0.0870 e. The number of hydrogen-bond donors (Lipinski definition) is 1. The third-order valence-corrected chi connectivity index (χ3v) is 4.11. The van der Waals surface area contributed by atoms with Gasteiger partial charge in [0.15, 0.2) is 0 Å². The van der Waals surface area contributed by atoms with Crippen molar-refractivity contribution in [3.8, 4) is 0 Å². The average Bonchev–Trinajstić information content (AvgIpc) is 2.49. The summed E-state index contributed by atoms with van der Waals surface area (Å²) in [4.78, 5) is 9.82. The van der Waals surface area contributed by atoms with E-state index in [1.165, 1.54) is 10.9 Å². The van der Waals surface area contributed by atoms with Crippen molar-refractivity contribution in [2.75, 3.05) is 32.7 Å². The number of pyridine rings is 1. The number of aromatic nitrogens is 1. The molecule has 1 aliphatic rings. The van der Waals surface area contributed by atoms with E-state index in [2.05, 4.69) is 39.0 Å². The normalized spacial score (nSPS) is 17.1. The molecule has 0 bridgehead atoms. The fourth-order valence-electron chi connectivity index (χ4n) is 2.86. The highest BCUT2D eigenvalue weighted by Crippen LogP contribution is 2.18. The van der Waals surface area contributed by atoms with E-state index in [9.17, 15) is 0 Å². The fourth-order valence-corrected chi connectivity index (χ4v) is 3.04. The second-order valence-electron chi connectivity index (χ2n) is 5.51. The van der Waals surface area contributed by atoms with Crippen LogP contribution in [0.5, 0.6) is 0 Å². The van der Waals surface area contributed by atoms with Gasteiger partial charge in [0.05, 0.1) is 10.5 Å². The Labute approximate surface area is 130 Å². The molecule has 1 fully saturated rings. The molecule has 4 nitrogen and oxygen atoms in total. The molecule has 1 aromatic carbocycles.